The van der Waals surface area contributed by atoms with E-state index in [4.69, 9.17) is 0 Å². The number of thioether (sulfide) groups is 1. The predicted molar refractivity (Wildman–Crippen MR) is 120 cm³/mol. The van der Waals surface area contributed by atoms with E-state index in [9.17, 15) is 14.0 Å². The third-order valence-corrected chi connectivity index (χ3v) is 5.75. The Bertz CT molecular complexity index is 1100. The molecular formula is C22H24FN5O2S. The van der Waals surface area contributed by atoms with Crippen LogP contribution in [0.3, 0.4) is 0 Å². The number of nitrogens with zero attached hydrogens (tertiary/aromatic N) is 3. The van der Waals surface area contributed by atoms with Crippen LogP contribution in [0, 0.1) is 19.7 Å². The van der Waals surface area contributed by atoms with E-state index in [0.717, 1.165) is 16.8 Å². The molecule has 1 aromatic heterocycles. The molecule has 0 saturated heterocycles. The minimum absolute atomic E-state index is 0.0428. The number of nitrogens with one attached hydrogen (secondary N) is 2. The van der Waals surface area contributed by atoms with Gasteiger partial charge in [-0.05, 0) is 50.1 Å². The molecule has 0 aliphatic heterocycles. The Morgan fingerprint density at radius 3 is 2.45 bits per heavy atom. The van der Waals surface area contributed by atoms with Crippen LogP contribution in [0.5, 0.6) is 0 Å². The van der Waals surface area contributed by atoms with Crippen molar-refractivity contribution in [2.45, 2.75) is 38.9 Å². The fourth-order valence-electron chi connectivity index (χ4n) is 2.98. The molecule has 2 amide bonds. The number of hydrogen-bond donors (Lipinski definition) is 2. The summed E-state index contributed by atoms with van der Waals surface area (Å²) in [6, 6.07) is 11.7. The first-order valence-corrected chi connectivity index (χ1v) is 10.8. The molecule has 31 heavy (non-hydrogen) atoms. The van der Waals surface area contributed by atoms with E-state index in [2.05, 4.69) is 20.8 Å². The maximum atomic E-state index is 13.7. The molecule has 0 bridgehead atoms. The Hall–Kier alpha value is -3.20. The summed E-state index contributed by atoms with van der Waals surface area (Å²) in [7, 11) is 0. The van der Waals surface area contributed by atoms with Crippen molar-refractivity contribution in [2.24, 2.45) is 0 Å². The van der Waals surface area contributed by atoms with Crippen molar-refractivity contribution in [3.63, 3.8) is 0 Å². The lowest BCUT2D eigenvalue weighted by molar-refractivity contribution is -0.116. The second kappa shape index (κ2) is 10.2. The Morgan fingerprint density at radius 2 is 1.71 bits per heavy atom. The molecule has 0 aliphatic rings. The van der Waals surface area contributed by atoms with Crippen LogP contribution in [0.25, 0.3) is 0 Å². The molecule has 162 valence electrons. The maximum absolute atomic E-state index is 13.7. The van der Waals surface area contributed by atoms with Crippen molar-refractivity contribution in [2.75, 3.05) is 16.4 Å². The van der Waals surface area contributed by atoms with Crippen LogP contribution in [0.4, 0.5) is 15.8 Å². The van der Waals surface area contributed by atoms with Crippen LogP contribution in [0.15, 0.2) is 47.6 Å². The SMILES string of the molecule is CCn1c(CC(=O)Nc2cccc(C)c2C)nnc1SCC(=O)Nc1ccccc1F. The molecule has 7 nitrogen and oxygen atoms in total. The molecule has 0 radical (unpaired) electrons. The average molecular weight is 442 g/mol. The number of carbonyl (C=O) groups is 2. The molecule has 0 atom stereocenters. The van der Waals surface area contributed by atoms with E-state index in [-0.39, 0.29) is 29.7 Å². The first-order valence-electron chi connectivity index (χ1n) is 9.84. The summed E-state index contributed by atoms with van der Waals surface area (Å²) >= 11 is 1.18. The summed E-state index contributed by atoms with van der Waals surface area (Å²) in [5.74, 6) is -0.474. The first kappa shape index (κ1) is 22.5. The zero-order chi connectivity index (χ0) is 22.4. The smallest absolute Gasteiger partial charge is 0.234 e. The van der Waals surface area contributed by atoms with Crippen LogP contribution in [-0.4, -0.2) is 32.3 Å². The van der Waals surface area contributed by atoms with Gasteiger partial charge in [0.05, 0.1) is 17.9 Å². The van der Waals surface area contributed by atoms with Gasteiger partial charge in [0, 0.05) is 12.2 Å². The highest BCUT2D eigenvalue weighted by Gasteiger charge is 2.17. The van der Waals surface area contributed by atoms with Gasteiger partial charge < -0.3 is 15.2 Å². The van der Waals surface area contributed by atoms with Gasteiger partial charge in [-0.1, -0.05) is 36.0 Å². The minimum atomic E-state index is -0.491. The largest absolute Gasteiger partial charge is 0.325 e. The molecule has 0 fully saturated rings. The summed E-state index contributed by atoms with van der Waals surface area (Å²) in [6.45, 7) is 6.42. The van der Waals surface area contributed by atoms with Gasteiger partial charge in [0.2, 0.25) is 11.8 Å². The van der Waals surface area contributed by atoms with E-state index in [1.807, 2.05) is 39.0 Å². The number of aryl methyl sites for hydroxylation is 1. The number of para-hydroxylation sites is 1. The molecule has 3 aromatic rings. The molecule has 2 N–H and O–H groups in total. The summed E-state index contributed by atoms with van der Waals surface area (Å²) in [4.78, 5) is 24.7. The van der Waals surface area contributed by atoms with Gasteiger partial charge in [-0.25, -0.2) is 4.39 Å². The van der Waals surface area contributed by atoms with Crippen molar-refractivity contribution in [3.05, 3.63) is 65.2 Å². The number of anilines is 2. The van der Waals surface area contributed by atoms with E-state index in [0.29, 0.717) is 17.5 Å². The molecule has 3 rings (SSSR count). The highest BCUT2D eigenvalue weighted by Crippen LogP contribution is 2.20. The summed E-state index contributed by atoms with van der Waals surface area (Å²) < 4.78 is 15.5. The van der Waals surface area contributed by atoms with Crippen molar-refractivity contribution < 1.29 is 14.0 Å². The second-order valence-corrected chi connectivity index (χ2v) is 7.87. The monoisotopic (exact) mass is 441 g/mol. The number of rotatable bonds is 8. The third kappa shape index (κ3) is 5.69. The van der Waals surface area contributed by atoms with Gasteiger partial charge in [-0.15, -0.1) is 10.2 Å². The van der Waals surface area contributed by atoms with Crippen LogP contribution in [-0.2, 0) is 22.6 Å². The van der Waals surface area contributed by atoms with Gasteiger partial charge in [0.25, 0.3) is 0 Å². The van der Waals surface area contributed by atoms with E-state index >= 15 is 0 Å². The molecule has 0 spiro atoms. The molecule has 1 heterocycles. The van der Waals surface area contributed by atoms with Crippen molar-refractivity contribution in [3.8, 4) is 0 Å². The first-order chi connectivity index (χ1) is 14.9. The van der Waals surface area contributed by atoms with Crippen molar-refractivity contribution >= 4 is 35.0 Å². The van der Waals surface area contributed by atoms with E-state index in [1.54, 1.807) is 16.7 Å². The number of benzene rings is 2. The Labute approximate surface area is 184 Å². The number of amides is 2. The number of carbonyl (C=O) groups excluding carboxylic acids is 2. The topological polar surface area (TPSA) is 88.9 Å². The lowest BCUT2D eigenvalue weighted by Crippen LogP contribution is -2.18. The van der Waals surface area contributed by atoms with Gasteiger partial charge in [0.15, 0.2) is 5.16 Å². The van der Waals surface area contributed by atoms with Crippen LogP contribution in [0.2, 0.25) is 0 Å². The van der Waals surface area contributed by atoms with Crippen molar-refractivity contribution in [1.29, 1.82) is 0 Å². The standard InChI is InChI=1S/C22H24FN5O2S/c1-4-28-19(12-20(29)24-17-11-7-8-14(2)15(17)3)26-27-22(28)31-13-21(30)25-18-10-6-5-9-16(18)23/h5-11H,4,12-13H2,1-3H3,(H,24,29)(H,25,30). The summed E-state index contributed by atoms with van der Waals surface area (Å²) in [5.41, 5.74) is 3.02. The fraction of sp³-hybridized carbons (Fsp3) is 0.273. The fourth-order valence-corrected chi connectivity index (χ4v) is 3.80. The Balaban J connectivity index is 1.61. The lowest BCUT2D eigenvalue weighted by atomic mass is 10.1. The summed E-state index contributed by atoms with van der Waals surface area (Å²) in [6.07, 6.45) is 0.0657. The molecular weight excluding hydrogens is 417 g/mol. The average Bonchev–Trinajstić information content (AvgIpc) is 3.13. The van der Waals surface area contributed by atoms with Crippen LogP contribution in [0.1, 0.15) is 23.9 Å². The zero-order valence-electron chi connectivity index (χ0n) is 17.6. The summed E-state index contributed by atoms with van der Waals surface area (Å²) in [5, 5.41) is 14.2. The lowest BCUT2D eigenvalue weighted by Gasteiger charge is -2.11. The maximum Gasteiger partial charge on any atom is 0.234 e. The molecule has 9 heteroatoms. The quantitative estimate of drug-likeness (QED) is 0.517. The van der Waals surface area contributed by atoms with Gasteiger partial charge in [-0.3, -0.25) is 9.59 Å². The highest BCUT2D eigenvalue weighted by molar-refractivity contribution is 7.99. The molecule has 0 saturated carbocycles. The normalized spacial score (nSPS) is 10.7. The van der Waals surface area contributed by atoms with Gasteiger partial charge in [-0.2, -0.15) is 0 Å². The highest BCUT2D eigenvalue weighted by atomic mass is 32.2. The molecule has 0 unspecified atom stereocenters. The zero-order valence-corrected chi connectivity index (χ0v) is 18.4. The number of aromatic nitrogens is 3. The number of hydrogen-bond acceptors (Lipinski definition) is 5. The van der Waals surface area contributed by atoms with Gasteiger partial charge in [0.1, 0.15) is 11.6 Å². The van der Waals surface area contributed by atoms with E-state index in [1.165, 1.54) is 23.9 Å². The van der Waals surface area contributed by atoms with Crippen molar-refractivity contribution in [1.82, 2.24) is 14.8 Å². The molecule has 2 aromatic carbocycles. The number of halogens is 1. The third-order valence-electron chi connectivity index (χ3n) is 4.79. The van der Waals surface area contributed by atoms with Gasteiger partial charge >= 0.3 is 0 Å². The van der Waals surface area contributed by atoms with E-state index < -0.39 is 5.82 Å². The Morgan fingerprint density at radius 1 is 1.00 bits per heavy atom. The predicted octanol–water partition coefficient (Wildman–Crippen LogP) is 3.97. The Kier molecular flexibility index (Phi) is 7.41. The minimum Gasteiger partial charge on any atom is -0.325 e. The van der Waals surface area contributed by atoms with Crippen LogP contribution < -0.4 is 10.6 Å². The van der Waals surface area contributed by atoms with Crippen LogP contribution >= 0.6 is 11.8 Å². The molecule has 0 aliphatic carbocycles. The second-order valence-electron chi connectivity index (χ2n) is 6.93.